The zero-order valence-electron chi connectivity index (χ0n) is 13.7. The van der Waals surface area contributed by atoms with Crippen LogP contribution >= 0.6 is 0 Å². The summed E-state index contributed by atoms with van der Waals surface area (Å²) in [7, 11) is 0. The molecule has 0 radical (unpaired) electrons. The number of carbonyl (C=O) groups is 1. The number of aryl methyl sites for hydroxylation is 1. The number of hydrogen-bond acceptors (Lipinski definition) is 3. The van der Waals surface area contributed by atoms with Crippen molar-refractivity contribution in [3.8, 4) is 0 Å². The molecule has 0 spiro atoms. The van der Waals surface area contributed by atoms with Crippen molar-refractivity contribution in [3.63, 3.8) is 0 Å². The average Bonchev–Trinajstić information content (AvgIpc) is 3.21. The molecule has 122 valence electrons. The number of urea groups is 1. The van der Waals surface area contributed by atoms with E-state index in [0.717, 1.165) is 44.1 Å². The number of hydrogen-bond donors (Lipinski definition) is 1. The van der Waals surface area contributed by atoms with Crippen LogP contribution < -0.4 is 5.32 Å². The SMILES string of the molecule is Cc1ccc(C(CNC(=O)N2CCC(C)C2)N2CCCC2)o1. The molecule has 0 aromatic carbocycles. The van der Waals surface area contributed by atoms with Gasteiger partial charge in [0.25, 0.3) is 0 Å². The van der Waals surface area contributed by atoms with Gasteiger partial charge < -0.3 is 14.6 Å². The third kappa shape index (κ3) is 3.46. The lowest BCUT2D eigenvalue weighted by atomic mass is 10.2. The number of likely N-dealkylation sites (tertiary alicyclic amines) is 2. The van der Waals surface area contributed by atoms with Crippen LogP contribution in [0.25, 0.3) is 0 Å². The molecule has 22 heavy (non-hydrogen) atoms. The monoisotopic (exact) mass is 305 g/mol. The van der Waals surface area contributed by atoms with Crippen LogP contribution in [0.3, 0.4) is 0 Å². The molecule has 5 nitrogen and oxygen atoms in total. The molecule has 2 amide bonds. The first-order chi connectivity index (χ1) is 10.6. The van der Waals surface area contributed by atoms with Crippen molar-refractivity contribution in [1.29, 1.82) is 0 Å². The van der Waals surface area contributed by atoms with Crippen molar-refractivity contribution in [2.45, 2.75) is 39.2 Å². The van der Waals surface area contributed by atoms with Crippen molar-refractivity contribution >= 4 is 6.03 Å². The van der Waals surface area contributed by atoms with Crippen LogP contribution in [-0.2, 0) is 0 Å². The van der Waals surface area contributed by atoms with Gasteiger partial charge in [0.2, 0.25) is 0 Å². The Bertz CT molecular complexity index is 508. The molecule has 0 bridgehead atoms. The van der Waals surface area contributed by atoms with E-state index in [4.69, 9.17) is 4.42 Å². The van der Waals surface area contributed by atoms with Crippen LogP contribution in [0, 0.1) is 12.8 Å². The average molecular weight is 305 g/mol. The standard InChI is InChI=1S/C17H27N3O2/c1-13-7-10-20(12-13)17(21)18-11-15(19-8-3-4-9-19)16-6-5-14(2)22-16/h5-6,13,15H,3-4,7-12H2,1-2H3,(H,18,21). The predicted octanol–water partition coefficient (Wildman–Crippen LogP) is 2.78. The Kier molecular flexibility index (Phi) is 4.71. The fourth-order valence-electron chi connectivity index (χ4n) is 3.51. The molecule has 2 aliphatic heterocycles. The lowest BCUT2D eigenvalue weighted by Gasteiger charge is -2.27. The predicted molar refractivity (Wildman–Crippen MR) is 85.7 cm³/mol. The molecule has 2 atom stereocenters. The number of carbonyl (C=O) groups excluding carboxylic acids is 1. The highest BCUT2D eigenvalue weighted by Gasteiger charge is 2.28. The minimum Gasteiger partial charge on any atom is -0.465 e. The van der Waals surface area contributed by atoms with Gasteiger partial charge in [-0.25, -0.2) is 4.79 Å². The minimum absolute atomic E-state index is 0.0665. The van der Waals surface area contributed by atoms with Crippen LogP contribution in [0.1, 0.15) is 43.7 Å². The molecule has 2 aliphatic rings. The van der Waals surface area contributed by atoms with Crippen LogP contribution in [0.15, 0.2) is 16.5 Å². The number of amides is 2. The van der Waals surface area contributed by atoms with Gasteiger partial charge in [0.05, 0.1) is 6.04 Å². The molecule has 3 heterocycles. The summed E-state index contributed by atoms with van der Waals surface area (Å²) in [5, 5.41) is 3.12. The summed E-state index contributed by atoms with van der Waals surface area (Å²) in [5.41, 5.74) is 0. The van der Waals surface area contributed by atoms with Gasteiger partial charge in [-0.15, -0.1) is 0 Å². The van der Waals surface area contributed by atoms with E-state index in [1.54, 1.807) is 0 Å². The largest absolute Gasteiger partial charge is 0.465 e. The molecule has 0 aliphatic carbocycles. The Morgan fingerprint density at radius 2 is 2.14 bits per heavy atom. The van der Waals surface area contributed by atoms with Gasteiger partial charge in [0.1, 0.15) is 11.5 Å². The van der Waals surface area contributed by atoms with E-state index < -0.39 is 0 Å². The molecule has 1 N–H and O–H groups in total. The van der Waals surface area contributed by atoms with E-state index in [1.807, 2.05) is 24.0 Å². The smallest absolute Gasteiger partial charge is 0.317 e. The van der Waals surface area contributed by atoms with Gasteiger partial charge in [0.15, 0.2) is 0 Å². The summed E-state index contributed by atoms with van der Waals surface area (Å²) >= 11 is 0. The van der Waals surface area contributed by atoms with Crippen molar-refractivity contribution in [2.75, 3.05) is 32.7 Å². The highest BCUT2D eigenvalue weighted by atomic mass is 16.3. The second-order valence-electron chi connectivity index (χ2n) is 6.73. The first-order valence-corrected chi connectivity index (χ1v) is 8.46. The Morgan fingerprint density at radius 3 is 2.73 bits per heavy atom. The second kappa shape index (κ2) is 6.73. The zero-order valence-corrected chi connectivity index (χ0v) is 13.7. The second-order valence-corrected chi connectivity index (χ2v) is 6.73. The fraction of sp³-hybridized carbons (Fsp3) is 0.706. The number of rotatable bonds is 4. The number of nitrogens with one attached hydrogen (secondary N) is 1. The van der Waals surface area contributed by atoms with E-state index in [2.05, 4.69) is 17.1 Å². The van der Waals surface area contributed by atoms with Gasteiger partial charge in [-0.1, -0.05) is 6.92 Å². The molecule has 1 aromatic heterocycles. The van der Waals surface area contributed by atoms with Crippen LogP contribution in [0.2, 0.25) is 0 Å². The first-order valence-electron chi connectivity index (χ1n) is 8.46. The lowest BCUT2D eigenvalue weighted by molar-refractivity contribution is 0.186. The normalized spacial score (nSPS) is 23.9. The Labute approximate surface area is 132 Å². The van der Waals surface area contributed by atoms with Gasteiger partial charge >= 0.3 is 6.03 Å². The Balaban J connectivity index is 1.61. The van der Waals surface area contributed by atoms with Crippen molar-refractivity contribution in [1.82, 2.24) is 15.1 Å². The van der Waals surface area contributed by atoms with Gasteiger partial charge in [-0.05, 0) is 57.3 Å². The zero-order chi connectivity index (χ0) is 15.5. The van der Waals surface area contributed by atoms with Crippen LogP contribution in [0.5, 0.6) is 0 Å². The lowest BCUT2D eigenvalue weighted by Crippen LogP contribution is -2.43. The summed E-state index contributed by atoms with van der Waals surface area (Å²) in [4.78, 5) is 16.7. The highest BCUT2D eigenvalue weighted by Crippen LogP contribution is 2.26. The highest BCUT2D eigenvalue weighted by molar-refractivity contribution is 5.74. The summed E-state index contributed by atoms with van der Waals surface area (Å²) in [6.07, 6.45) is 3.57. The van der Waals surface area contributed by atoms with Crippen molar-refractivity contribution in [2.24, 2.45) is 5.92 Å². The van der Waals surface area contributed by atoms with Crippen molar-refractivity contribution < 1.29 is 9.21 Å². The third-order valence-corrected chi connectivity index (χ3v) is 4.83. The summed E-state index contributed by atoms with van der Waals surface area (Å²) in [5.74, 6) is 2.52. The van der Waals surface area contributed by atoms with E-state index in [9.17, 15) is 4.79 Å². The number of nitrogens with zero attached hydrogens (tertiary/aromatic N) is 2. The van der Waals surface area contributed by atoms with Gasteiger partial charge in [-0.3, -0.25) is 4.90 Å². The van der Waals surface area contributed by atoms with E-state index >= 15 is 0 Å². The maximum absolute atomic E-state index is 12.3. The molecule has 2 fully saturated rings. The molecule has 3 rings (SSSR count). The molecule has 2 saturated heterocycles. The van der Waals surface area contributed by atoms with E-state index in [1.165, 1.54) is 12.8 Å². The third-order valence-electron chi connectivity index (χ3n) is 4.83. The molecule has 1 aromatic rings. The van der Waals surface area contributed by atoms with Gasteiger partial charge in [0, 0.05) is 19.6 Å². The summed E-state index contributed by atoms with van der Waals surface area (Å²) < 4.78 is 5.83. The van der Waals surface area contributed by atoms with Gasteiger partial charge in [-0.2, -0.15) is 0 Å². The maximum Gasteiger partial charge on any atom is 0.317 e. The molecule has 2 unspecified atom stereocenters. The van der Waals surface area contributed by atoms with E-state index in [0.29, 0.717) is 12.5 Å². The molecular weight excluding hydrogens is 278 g/mol. The molecular formula is C17H27N3O2. The molecule has 0 saturated carbocycles. The Morgan fingerprint density at radius 1 is 1.36 bits per heavy atom. The maximum atomic E-state index is 12.3. The topological polar surface area (TPSA) is 48.7 Å². The van der Waals surface area contributed by atoms with E-state index in [-0.39, 0.29) is 12.1 Å². The fourth-order valence-corrected chi connectivity index (χ4v) is 3.51. The van der Waals surface area contributed by atoms with Crippen molar-refractivity contribution in [3.05, 3.63) is 23.7 Å². The quantitative estimate of drug-likeness (QED) is 0.930. The minimum atomic E-state index is 0.0665. The van der Waals surface area contributed by atoms with Crippen LogP contribution in [0.4, 0.5) is 4.79 Å². The Hall–Kier alpha value is -1.49. The first kappa shape index (κ1) is 15.4. The van der Waals surface area contributed by atoms with Crippen LogP contribution in [-0.4, -0.2) is 48.6 Å². The summed E-state index contributed by atoms with van der Waals surface area (Å²) in [6, 6.07) is 4.27. The summed E-state index contributed by atoms with van der Waals surface area (Å²) in [6.45, 7) is 8.71. The number of furan rings is 1. The molecule has 5 heteroatoms.